The number of allylic oxidation sites excluding steroid dienone is 6. The van der Waals surface area contributed by atoms with E-state index >= 15 is 0 Å². The molecule has 0 radical (unpaired) electrons. The third-order valence-electron chi connectivity index (χ3n) is 15.6. The van der Waals surface area contributed by atoms with E-state index in [-0.39, 0.29) is 124 Å². The summed E-state index contributed by atoms with van der Waals surface area (Å²) < 4.78 is 223. The van der Waals surface area contributed by atoms with Crippen LogP contribution in [0.3, 0.4) is 0 Å². The van der Waals surface area contributed by atoms with Gasteiger partial charge in [-0.15, -0.1) is 5.06 Å². The second-order valence-electron chi connectivity index (χ2n) is 21.8. The van der Waals surface area contributed by atoms with Crippen molar-refractivity contribution in [1.29, 1.82) is 0 Å². The molecule has 500 valence electrons. The predicted molar refractivity (Wildman–Crippen MR) is 319 cm³/mol. The van der Waals surface area contributed by atoms with Crippen LogP contribution in [0.4, 0.5) is 11.4 Å². The van der Waals surface area contributed by atoms with E-state index < -0.39 is 105 Å². The lowest BCUT2D eigenvalue weighted by atomic mass is 9.74. The molecule has 91 heavy (non-hydrogen) atoms. The van der Waals surface area contributed by atoms with Gasteiger partial charge in [-0.05, 0) is 111 Å². The Morgan fingerprint density at radius 3 is 1.59 bits per heavy atom. The Bertz CT molecular complexity index is 4150. The van der Waals surface area contributed by atoms with Crippen LogP contribution in [-0.4, -0.2) is 197 Å². The number of nitrogens with zero attached hydrogens (tertiary/aromatic N) is 3. The Morgan fingerprint density at radius 2 is 1.11 bits per heavy atom. The van der Waals surface area contributed by atoms with E-state index in [0.717, 1.165) is 12.1 Å². The van der Waals surface area contributed by atoms with Crippen molar-refractivity contribution in [3.63, 3.8) is 0 Å². The first kappa shape index (κ1) is 72.4. The quantitative estimate of drug-likeness (QED) is 0.0207. The highest BCUT2D eigenvalue weighted by molar-refractivity contribution is 7.87. The van der Waals surface area contributed by atoms with Crippen molar-refractivity contribution in [2.24, 2.45) is 0 Å². The molecule has 1 saturated heterocycles. The number of benzene rings is 4. The number of anilines is 1. The molecule has 4 aromatic rings. The van der Waals surface area contributed by atoms with Crippen molar-refractivity contribution >= 4 is 107 Å². The molecule has 0 saturated carbocycles. The molecule has 28 nitrogen and oxygen atoms in total. The van der Waals surface area contributed by atoms with Crippen LogP contribution in [0.2, 0.25) is 0 Å². The first-order chi connectivity index (χ1) is 42.7. The monoisotopic (exact) mass is 1370 g/mol. The number of fused-ring (bicyclic) bond motifs is 6. The zero-order chi connectivity index (χ0) is 66.9. The zero-order valence-corrected chi connectivity index (χ0v) is 54.4. The highest BCUT2D eigenvalue weighted by Crippen LogP contribution is 2.54. The van der Waals surface area contributed by atoms with Crippen LogP contribution in [0, 0.1) is 0 Å². The minimum atomic E-state index is -5.47. The molecular weight excluding hydrogens is 1300 g/mol. The van der Waals surface area contributed by atoms with Gasteiger partial charge in [0.25, 0.3) is 11.8 Å². The normalized spacial score (nSPS) is 18.9. The largest absolute Gasteiger partial charge is 0.748 e. The molecule has 3 aliphatic rings. The summed E-state index contributed by atoms with van der Waals surface area (Å²) in [6, 6.07) is 8.40. The maximum absolute atomic E-state index is 13.2. The van der Waals surface area contributed by atoms with Gasteiger partial charge in [0.05, 0.1) is 108 Å². The average Bonchev–Trinajstić information content (AvgIpc) is 1.60. The molecule has 2 amide bonds. The first-order valence-electron chi connectivity index (χ1n) is 28.6. The van der Waals surface area contributed by atoms with Crippen molar-refractivity contribution in [1.82, 2.24) is 5.06 Å². The molecule has 4 aromatic carbocycles. The van der Waals surface area contributed by atoms with Gasteiger partial charge in [0.15, 0.2) is 5.71 Å². The van der Waals surface area contributed by atoms with Crippen LogP contribution in [0.1, 0.15) is 83.8 Å². The molecule has 2 unspecified atom stereocenters. The van der Waals surface area contributed by atoms with Gasteiger partial charge in [-0.25, -0.2) is 46.9 Å². The Labute approximate surface area is 528 Å². The molecule has 0 aliphatic carbocycles. The molecule has 0 bridgehead atoms. The minimum absolute atomic E-state index is 0.0253. The highest BCUT2D eigenvalue weighted by atomic mass is 32.2. The average molecular weight is 1370 g/mol. The lowest BCUT2D eigenvalue weighted by molar-refractivity contribution is -0.438. The van der Waals surface area contributed by atoms with Crippen molar-refractivity contribution < 1.29 is 117 Å². The van der Waals surface area contributed by atoms with E-state index in [4.69, 9.17) is 33.3 Å². The van der Waals surface area contributed by atoms with Gasteiger partial charge in [-0.3, -0.25) is 9.59 Å². The van der Waals surface area contributed by atoms with E-state index in [1.807, 2.05) is 0 Å². The fourth-order valence-corrected chi connectivity index (χ4v) is 14.6. The number of amides is 2. The van der Waals surface area contributed by atoms with Crippen LogP contribution in [0.15, 0.2) is 104 Å². The number of likely N-dealkylation sites (N-methyl/N-ethyl adjacent to an activating group) is 1. The van der Waals surface area contributed by atoms with Crippen LogP contribution in [-0.2, 0) is 109 Å². The Balaban J connectivity index is 1.29. The fraction of sp³-hybridized carbons (Fsp3) is 0.483. The molecule has 3 aliphatic heterocycles. The third-order valence-corrected chi connectivity index (χ3v) is 19.8. The first-order valence-corrected chi connectivity index (χ1v) is 35.8. The molecule has 7 rings (SSSR count). The standard InChI is InChI=1S/C58H73N3O25S5/c1-6-59-46-14-12-42-44(35-40(88(68,69)70)37-48(42)90(74,75)76)55(46)57(3,20-8-34-87(65,66)67)50(59)16-10-39(2)11-17-51-58(4,21-23-81-26-27-83-30-31-85-33-32-84-29-28-82-25-24-80-5)56-45-36-41(89(71,72)73)38-49(91(77,78)79)43(45)13-15-47(56)60(51)22-7-9-54(64)86-61-52(62)18-19-53(61)63/h10-17,35-38H,6-9,18-34H2,1-5H3,(H4-,65,66,67,68,69,70,71,72,73,74,75,76,77,78,79)/p-4. The van der Waals surface area contributed by atoms with Crippen LogP contribution in [0.25, 0.3) is 21.5 Å². The van der Waals surface area contributed by atoms with E-state index in [1.54, 1.807) is 68.6 Å². The number of carbonyl (C=O) groups is 3. The van der Waals surface area contributed by atoms with Gasteiger partial charge < -0.3 is 60.9 Å². The predicted octanol–water partition coefficient (Wildman–Crippen LogP) is 3.98. The summed E-state index contributed by atoms with van der Waals surface area (Å²) in [6.07, 6.45) is 5.51. The number of carbonyl (C=O) groups excluding carboxylic acids is 3. The van der Waals surface area contributed by atoms with Crippen molar-refractivity contribution in [3.05, 3.63) is 95.2 Å². The summed E-state index contributed by atoms with van der Waals surface area (Å²) in [7, 11) is -25.0. The van der Waals surface area contributed by atoms with Crippen molar-refractivity contribution in [2.75, 3.05) is 104 Å². The zero-order valence-electron chi connectivity index (χ0n) is 50.4. The van der Waals surface area contributed by atoms with E-state index in [0.29, 0.717) is 85.2 Å². The molecule has 0 spiro atoms. The van der Waals surface area contributed by atoms with E-state index in [1.165, 1.54) is 24.3 Å². The number of hydroxylamine groups is 2. The lowest BCUT2D eigenvalue weighted by Gasteiger charge is -2.31. The maximum Gasteiger partial charge on any atom is 0.333 e. The molecule has 0 N–H and O–H groups in total. The molecule has 0 aromatic heterocycles. The van der Waals surface area contributed by atoms with Crippen molar-refractivity contribution in [3.8, 4) is 0 Å². The third kappa shape index (κ3) is 17.6. The number of ether oxygens (including phenoxy) is 6. The van der Waals surface area contributed by atoms with Gasteiger partial charge in [0, 0.05) is 85.2 Å². The summed E-state index contributed by atoms with van der Waals surface area (Å²) in [5.41, 5.74) is -0.349. The minimum Gasteiger partial charge on any atom is -0.748 e. The molecule has 2 atom stereocenters. The number of hydrogen-bond donors (Lipinski definition) is 0. The summed E-state index contributed by atoms with van der Waals surface area (Å²) >= 11 is 0. The number of hydrogen-bond acceptors (Lipinski definition) is 26. The van der Waals surface area contributed by atoms with Gasteiger partial charge in [0.1, 0.15) is 47.0 Å². The highest BCUT2D eigenvalue weighted by Gasteiger charge is 2.49. The second-order valence-corrected chi connectivity index (χ2v) is 28.8. The smallest absolute Gasteiger partial charge is 0.333 e. The van der Waals surface area contributed by atoms with Crippen LogP contribution >= 0.6 is 0 Å². The molecule has 1 fully saturated rings. The fourth-order valence-electron chi connectivity index (χ4n) is 11.5. The summed E-state index contributed by atoms with van der Waals surface area (Å²) in [4.78, 5) is 40.7. The van der Waals surface area contributed by atoms with E-state index in [2.05, 4.69) is 0 Å². The topological polar surface area (TPSA) is 411 Å². The number of rotatable bonds is 35. The van der Waals surface area contributed by atoms with Gasteiger partial charge in [0.2, 0.25) is 5.69 Å². The summed E-state index contributed by atoms with van der Waals surface area (Å²) in [5, 5.41) is -0.289. The maximum atomic E-state index is 13.2. The second kappa shape index (κ2) is 30.0. The Hall–Kier alpha value is -5.99. The van der Waals surface area contributed by atoms with Gasteiger partial charge in [-0.1, -0.05) is 23.8 Å². The Morgan fingerprint density at radius 1 is 0.615 bits per heavy atom. The SMILES string of the molecule is CCN1C(=CC=C(C)C=CC2=[N+](CCCC(=O)ON3C(=O)CCC3=O)c3ccc4c(S(=O)(=O)[O-])cc(S(=O)(=O)[O-])cc4c3C2(C)CCOCCOCCOCCOCCOCCOC)C(C)(CCCS(=O)(=O)[O-])c2c1ccc1c(S(=O)(=O)[O-])cc(S(=O)(=O)[O-])cc21. The summed E-state index contributed by atoms with van der Waals surface area (Å²) in [5.74, 6) is -3.20. The van der Waals surface area contributed by atoms with E-state index in [9.17, 15) is 79.2 Å². The molecule has 3 heterocycles. The Kier molecular flexibility index (Phi) is 23.8. The van der Waals surface area contributed by atoms with Crippen LogP contribution < -0.4 is 4.90 Å². The molecular formula is C58H69N3O25S5-4. The van der Waals surface area contributed by atoms with Crippen molar-refractivity contribution in [2.45, 2.75) is 103 Å². The van der Waals surface area contributed by atoms with Gasteiger partial charge >= 0.3 is 5.97 Å². The number of imide groups is 1. The molecule has 33 heteroatoms. The lowest BCUT2D eigenvalue weighted by Crippen LogP contribution is -2.33. The number of methoxy groups -OCH3 is 1. The van der Waals surface area contributed by atoms with Crippen LogP contribution in [0.5, 0.6) is 0 Å². The van der Waals surface area contributed by atoms with Gasteiger partial charge in [-0.2, -0.15) is 4.58 Å². The summed E-state index contributed by atoms with van der Waals surface area (Å²) in [6.45, 7) is 9.77.